The van der Waals surface area contributed by atoms with Gasteiger partial charge in [-0.05, 0) is 109 Å². The molecule has 474 valence electrons. The Morgan fingerprint density at radius 3 is 0.783 bits per heavy atom. The third kappa shape index (κ3) is 68.5. The Balaban J connectivity index is 4.28. The molecule has 1 unspecified atom stereocenters. The molecular weight excluding hydrogens is 1020 g/mol. The summed E-state index contributed by atoms with van der Waals surface area (Å²) in [6.45, 7) is 6.50. The first-order valence-corrected chi connectivity index (χ1v) is 35.0. The lowest BCUT2D eigenvalue weighted by molar-refractivity contribution is -0.167. The van der Waals surface area contributed by atoms with Gasteiger partial charge >= 0.3 is 17.9 Å². The summed E-state index contributed by atoms with van der Waals surface area (Å²) in [7, 11) is 0. The quantitative estimate of drug-likeness (QED) is 0.0261. The fourth-order valence-electron chi connectivity index (χ4n) is 9.71. The van der Waals surface area contributed by atoms with Crippen molar-refractivity contribution in [2.24, 2.45) is 0 Å². The van der Waals surface area contributed by atoms with E-state index in [1.165, 1.54) is 148 Å². The first-order valence-electron chi connectivity index (χ1n) is 35.0. The minimum absolute atomic E-state index is 0.0874. The average molecular weight is 1150 g/mol. The van der Waals surface area contributed by atoms with Gasteiger partial charge in [0, 0.05) is 19.3 Å². The van der Waals surface area contributed by atoms with Crippen molar-refractivity contribution in [2.45, 2.75) is 335 Å². The number of esters is 3. The Bertz CT molecular complexity index is 1700. The number of unbranched alkanes of at least 4 members (excludes halogenated alkanes) is 32. The van der Waals surface area contributed by atoms with E-state index < -0.39 is 6.10 Å². The van der Waals surface area contributed by atoms with Crippen molar-refractivity contribution in [1.29, 1.82) is 0 Å². The van der Waals surface area contributed by atoms with Crippen LogP contribution in [0.5, 0.6) is 0 Å². The van der Waals surface area contributed by atoms with Crippen LogP contribution in [0.1, 0.15) is 329 Å². The predicted molar refractivity (Wildman–Crippen MR) is 362 cm³/mol. The van der Waals surface area contributed by atoms with Gasteiger partial charge in [-0.2, -0.15) is 0 Å². The summed E-state index contributed by atoms with van der Waals surface area (Å²) in [4.78, 5) is 38.3. The molecule has 0 spiro atoms. The van der Waals surface area contributed by atoms with Crippen molar-refractivity contribution in [2.75, 3.05) is 13.2 Å². The maximum absolute atomic E-state index is 12.9. The average Bonchev–Trinajstić information content (AvgIpc) is 3.48. The van der Waals surface area contributed by atoms with Gasteiger partial charge in [0.1, 0.15) is 13.2 Å². The number of hydrogen-bond acceptors (Lipinski definition) is 6. The Morgan fingerprint density at radius 2 is 0.482 bits per heavy atom. The molecule has 0 fully saturated rings. The van der Waals surface area contributed by atoms with Crippen molar-refractivity contribution in [3.05, 3.63) is 122 Å². The fraction of sp³-hybridized carbons (Fsp3) is 0.701. The van der Waals surface area contributed by atoms with Crippen LogP contribution < -0.4 is 0 Å². The molecule has 0 heterocycles. The van der Waals surface area contributed by atoms with E-state index in [9.17, 15) is 14.4 Å². The van der Waals surface area contributed by atoms with Crippen LogP contribution in [0, 0.1) is 0 Å². The molecule has 0 N–H and O–H groups in total. The lowest BCUT2D eigenvalue weighted by atomic mass is 10.0. The van der Waals surface area contributed by atoms with E-state index >= 15 is 0 Å². The lowest BCUT2D eigenvalue weighted by Gasteiger charge is -2.18. The van der Waals surface area contributed by atoms with Gasteiger partial charge in [0.2, 0.25) is 0 Å². The molecule has 0 aliphatic rings. The number of allylic oxidation sites excluding steroid dienone is 20. The maximum Gasteiger partial charge on any atom is 0.306 e. The minimum atomic E-state index is -0.791. The van der Waals surface area contributed by atoms with Gasteiger partial charge in [0.25, 0.3) is 0 Å². The summed E-state index contributed by atoms with van der Waals surface area (Å²) in [6.07, 6.45) is 98.0. The van der Waals surface area contributed by atoms with Gasteiger partial charge in [0.05, 0.1) is 0 Å². The standard InChI is InChI=1S/C77H130O6/c1-4-7-10-13-16-19-22-24-26-28-30-32-33-34-35-36-37-38-39-40-41-42-43-45-46-48-50-52-55-58-61-64-67-70-76(79)82-73-74(72-81-75(78)69-66-63-60-57-54-21-18-15-12-9-6-3)83-77(80)71-68-65-62-59-56-53-51-49-47-44-31-29-27-25-23-20-17-14-11-8-5-2/h7,10,15-16,18-19,24,26,30,32,34-35,37-38,40-41,43,45,48,50,74H,4-6,8-9,11-14,17,20-23,25,27-29,31,33,36,39,42,44,46-47,49,51-73H2,1-3H3/b10-7-,18-15-,19-16-,26-24-,32-30-,35-34-,38-37-,41-40-,45-43-,50-48-. The molecule has 0 bridgehead atoms. The van der Waals surface area contributed by atoms with Crippen molar-refractivity contribution in [3.8, 4) is 0 Å². The maximum atomic E-state index is 12.9. The zero-order chi connectivity index (χ0) is 59.9. The highest BCUT2D eigenvalue weighted by Crippen LogP contribution is 2.17. The van der Waals surface area contributed by atoms with Gasteiger partial charge in [-0.15, -0.1) is 0 Å². The number of hydrogen-bond donors (Lipinski definition) is 0. The van der Waals surface area contributed by atoms with Crippen LogP contribution in [0.3, 0.4) is 0 Å². The van der Waals surface area contributed by atoms with E-state index in [1.807, 2.05) is 0 Å². The molecular formula is C77H130O6. The molecule has 0 rings (SSSR count). The highest BCUT2D eigenvalue weighted by Gasteiger charge is 2.19. The Kier molecular flexibility index (Phi) is 66.7. The van der Waals surface area contributed by atoms with Crippen LogP contribution in [-0.4, -0.2) is 37.2 Å². The summed E-state index contributed by atoms with van der Waals surface area (Å²) in [5.74, 6) is -0.905. The monoisotopic (exact) mass is 1150 g/mol. The molecule has 0 aliphatic carbocycles. The molecule has 1 atom stereocenters. The molecule has 83 heavy (non-hydrogen) atoms. The van der Waals surface area contributed by atoms with Crippen molar-refractivity contribution >= 4 is 17.9 Å². The summed E-state index contributed by atoms with van der Waals surface area (Å²) < 4.78 is 16.9. The Hall–Kier alpha value is -4.19. The predicted octanol–water partition coefficient (Wildman–Crippen LogP) is 24.3. The third-order valence-electron chi connectivity index (χ3n) is 15.0. The molecule has 0 saturated carbocycles. The van der Waals surface area contributed by atoms with Gasteiger partial charge in [-0.3, -0.25) is 14.4 Å². The smallest absolute Gasteiger partial charge is 0.306 e. The number of ether oxygens (including phenoxy) is 3. The second-order valence-corrected chi connectivity index (χ2v) is 23.1. The van der Waals surface area contributed by atoms with Crippen LogP contribution in [-0.2, 0) is 28.6 Å². The van der Waals surface area contributed by atoms with Crippen LogP contribution in [0.15, 0.2) is 122 Å². The molecule has 6 nitrogen and oxygen atoms in total. The van der Waals surface area contributed by atoms with E-state index in [0.717, 1.165) is 141 Å². The molecule has 0 saturated heterocycles. The highest BCUT2D eigenvalue weighted by molar-refractivity contribution is 5.71. The summed E-state index contributed by atoms with van der Waals surface area (Å²) in [5, 5.41) is 0. The molecule has 0 aromatic carbocycles. The second kappa shape index (κ2) is 70.3. The zero-order valence-electron chi connectivity index (χ0n) is 54.4. The fourth-order valence-corrected chi connectivity index (χ4v) is 9.71. The van der Waals surface area contributed by atoms with Crippen molar-refractivity contribution in [1.82, 2.24) is 0 Å². The van der Waals surface area contributed by atoms with Crippen LogP contribution in [0.2, 0.25) is 0 Å². The largest absolute Gasteiger partial charge is 0.462 e. The van der Waals surface area contributed by atoms with E-state index in [4.69, 9.17) is 14.2 Å². The topological polar surface area (TPSA) is 78.9 Å². The van der Waals surface area contributed by atoms with E-state index in [1.54, 1.807) is 0 Å². The number of carbonyl (C=O) groups excluding carboxylic acids is 3. The minimum Gasteiger partial charge on any atom is -0.462 e. The summed E-state index contributed by atoms with van der Waals surface area (Å²) in [6, 6.07) is 0. The van der Waals surface area contributed by atoms with Crippen molar-refractivity contribution in [3.63, 3.8) is 0 Å². The lowest BCUT2D eigenvalue weighted by Crippen LogP contribution is -2.30. The van der Waals surface area contributed by atoms with Gasteiger partial charge in [0.15, 0.2) is 6.10 Å². The third-order valence-corrected chi connectivity index (χ3v) is 15.0. The summed E-state index contributed by atoms with van der Waals surface area (Å²) in [5.41, 5.74) is 0. The van der Waals surface area contributed by atoms with Gasteiger partial charge in [-0.1, -0.05) is 322 Å². The number of rotatable bonds is 63. The zero-order valence-corrected chi connectivity index (χ0v) is 54.4. The molecule has 0 aromatic heterocycles. The highest BCUT2D eigenvalue weighted by atomic mass is 16.6. The van der Waals surface area contributed by atoms with Gasteiger partial charge < -0.3 is 14.2 Å². The van der Waals surface area contributed by atoms with Crippen molar-refractivity contribution < 1.29 is 28.6 Å². The van der Waals surface area contributed by atoms with Gasteiger partial charge in [-0.25, -0.2) is 0 Å². The first kappa shape index (κ1) is 78.8. The normalized spacial score (nSPS) is 12.9. The SMILES string of the molecule is CC/C=C\C/C=C\C/C=C\C/C=C\C/C=C\C/C=C\C/C=C\C/C=C\C/C=C\CCCCCCCC(=O)OCC(COC(=O)CCCCCCC/C=C\CCCC)OC(=O)CCCCCCCCCCCCCCCCCCCCCCC. The van der Waals surface area contributed by atoms with Crippen LogP contribution in [0.25, 0.3) is 0 Å². The summed E-state index contributed by atoms with van der Waals surface area (Å²) >= 11 is 0. The molecule has 0 radical (unpaired) electrons. The molecule has 6 heteroatoms. The van der Waals surface area contributed by atoms with Crippen LogP contribution >= 0.6 is 0 Å². The molecule has 0 aromatic rings. The Morgan fingerprint density at radius 1 is 0.253 bits per heavy atom. The van der Waals surface area contributed by atoms with E-state index in [-0.39, 0.29) is 31.1 Å². The Labute approximate surface area is 513 Å². The first-order chi connectivity index (χ1) is 41.0. The van der Waals surface area contributed by atoms with E-state index in [0.29, 0.717) is 19.3 Å². The molecule has 0 aliphatic heterocycles. The van der Waals surface area contributed by atoms with Crippen LogP contribution in [0.4, 0.5) is 0 Å². The number of carbonyl (C=O) groups is 3. The van der Waals surface area contributed by atoms with E-state index in [2.05, 4.69) is 142 Å². The second-order valence-electron chi connectivity index (χ2n) is 23.1. The molecule has 0 amide bonds.